The summed E-state index contributed by atoms with van der Waals surface area (Å²) in [7, 11) is 0. The van der Waals surface area contributed by atoms with E-state index in [1.807, 2.05) is 0 Å². The van der Waals surface area contributed by atoms with Crippen LogP contribution in [-0.2, 0) is 0 Å². The van der Waals surface area contributed by atoms with Crippen LogP contribution in [0.5, 0.6) is 0 Å². The van der Waals surface area contributed by atoms with Gasteiger partial charge in [0.25, 0.3) is 0 Å². The lowest BCUT2D eigenvalue weighted by Gasteiger charge is -2.00. The van der Waals surface area contributed by atoms with E-state index in [1.165, 1.54) is 0 Å². The monoisotopic (exact) mass is 197 g/mol. The summed E-state index contributed by atoms with van der Waals surface area (Å²) < 4.78 is 12.7. The molecule has 2 N–H and O–H groups in total. The van der Waals surface area contributed by atoms with Crippen LogP contribution in [0.3, 0.4) is 0 Å². The normalized spacial score (nSPS) is 10.6. The molecule has 0 amide bonds. The maximum absolute atomic E-state index is 12.7. The van der Waals surface area contributed by atoms with Gasteiger partial charge in [0.2, 0.25) is 0 Å². The first-order chi connectivity index (χ1) is 6.16. The number of hydrogen-bond acceptors (Lipinski definition) is 3. The molecule has 13 heavy (non-hydrogen) atoms. The van der Waals surface area contributed by atoms with E-state index >= 15 is 0 Å². The molecule has 3 nitrogen and oxygen atoms in total. The predicted molar refractivity (Wildman–Crippen MR) is 48.9 cm³/mol. The summed E-state index contributed by atoms with van der Waals surface area (Å²) in [4.78, 5) is 6.95. The summed E-state index contributed by atoms with van der Waals surface area (Å²) in [5.74, 6) is 0.102. The third-order valence-electron chi connectivity index (χ3n) is 1.66. The zero-order valence-corrected chi connectivity index (χ0v) is 7.22. The zero-order valence-electron chi connectivity index (χ0n) is 6.46. The van der Waals surface area contributed by atoms with Crippen LogP contribution < -0.4 is 5.73 Å². The van der Waals surface area contributed by atoms with Gasteiger partial charge in [-0.3, -0.25) is 0 Å². The van der Waals surface area contributed by atoms with Crippen molar-refractivity contribution in [3.63, 3.8) is 0 Å². The number of rotatable bonds is 0. The Morgan fingerprint density at radius 2 is 2.08 bits per heavy atom. The fourth-order valence-corrected chi connectivity index (χ4v) is 1.27. The fraction of sp³-hybridized carbons (Fsp3) is 0. The summed E-state index contributed by atoms with van der Waals surface area (Å²) >= 11 is 5.73. The largest absolute Gasteiger partial charge is 0.383 e. The van der Waals surface area contributed by atoms with Crippen molar-refractivity contribution in [3.8, 4) is 0 Å². The first-order valence-corrected chi connectivity index (χ1v) is 3.93. The molecule has 2 rings (SSSR count). The molecule has 0 saturated carbocycles. The van der Waals surface area contributed by atoms with Crippen LogP contribution in [0.15, 0.2) is 18.2 Å². The highest BCUT2D eigenvalue weighted by Gasteiger charge is 2.04. The molecule has 1 aromatic carbocycles. The molecule has 5 heteroatoms. The molecular weight excluding hydrogens is 193 g/mol. The minimum Gasteiger partial charge on any atom is -0.383 e. The van der Waals surface area contributed by atoms with E-state index in [2.05, 4.69) is 9.97 Å². The molecule has 0 aliphatic heterocycles. The SMILES string of the molecule is Nc1nc(F)nc2ccc(Cl)cc12. The maximum atomic E-state index is 12.7. The Hall–Kier alpha value is -1.42. The van der Waals surface area contributed by atoms with E-state index in [-0.39, 0.29) is 5.82 Å². The van der Waals surface area contributed by atoms with E-state index in [9.17, 15) is 4.39 Å². The van der Waals surface area contributed by atoms with Crippen molar-refractivity contribution in [1.82, 2.24) is 9.97 Å². The Balaban J connectivity index is 2.87. The zero-order chi connectivity index (χ0) is 9.42. The second kappa shape index (κ2) is 2.81. The van der Waals surface area contributed by atoms with Gasteiger partial charge in [-0.1, -0.05) is 11.6 Å². The number of anilines is 1. The standard InChI is InChI=1S/C8H5ClFN3/c9-4-1-2-6-5(3-4)7(11)13-8(10)12-6/h1-3H,(H2,11,12,13). The molecule has 0 unspecified atom stereocenters. The van der Waals surface area contributed by atoms with Crippen molar-refractivity contribution in [2.75, 3.05) is 5.73 Å². The average Bonchev–Trinajstić information content (AvgIpc) is 2.06. The molecule has 0 fully saturated rings. The average molecular weight is 198 g/mol. The summed E-state index contributed by atoms with van der Waals surface area (Å²) in [6, 6.07) is 4.82. The molecule has 1 heterocycles. The van der Waals surface area contributed by atoms with Crippen molar-refractivity contribution in [2.45, 2.75) is 0 Å². The molecule has 2 aromatic rings. The highest BCUT2D eigenvalue weighted by molar-refractivity contribution is 6.31. The van der Waals surface area contributed by atoms with Crippen molar-refractivity contribution >= 4 is 28.3 Å². The molecule has 1 aromatic heterocycles. The van der Waals surface area contributed by atoms with Crippen LogP contribution in [0.4, 0.5) is 10.2 Å². The second-order valence-corrected chi connectivity index (χ2v) is 2.98. The van der Waals surface area contributed by atoms with Gasteiger partial charge in [0, 0.05) is 10.4 Å². The van der Waals surface area contributed by atoms with Gasteiger partial charge in [0.15, 0.2) is 0 Å². The molecule has 0 saturated heterocycles. The van der Waals surface area contributed by atoms with Crippen LogP contribution in [0, 0.1) is 6.08 Å². The highest BCUT2D eigenvalue weighted by Crippen LogP contribution is 2.21. The Bertz CT molecular complexity index is 472. The number of nitrogens with zero attached hydrogens (tertiary/aromatic N) is 2. The van der Waals surface area contributed by atoms with E-state index in [0.717, 1.165) is 0 Å². The van der Waals surface area contributed by atoms with Crippen LogP contribution in [0.1, 0.15) is 0 Å². The Morgan fingerprint density at radius 1 is 1.31 bits per heavy atom. The molecule has 0 aliphatic rings. The number of halogens is 2. The number of benzene rings is 1. The molecular formula is C8H5ClFN3. The summed E-state index contributed by atoms with van der Waals surface area (Å²) in [5, 5.41) is 1.09. The number of aromatic nitrogens is 2. The van der Waals surface area contributed by atoms with Gasteiger partial charge in [0.1, 0.15) is 5.82 Å². The number of nitrogen functional groups attached to an aromatic ring is 1. The number of fused-ring (bicyclic) bond motifs is 1. The quantitative estimate of drug-likeness (QED) is 0.658. The molecule has 0 aliphatic carbocycles. The second-order valence-electron chi connectivity index (χ2n) is 2.54. The molecule has 0 atom stereocenters. The van der Waals surface area contributed by atoms with Gasteiger partial charge in [-0.2, -0.15) is 9.37 Å². The first-order valence-electron chi connectivity index (χ1n) is 3.55. The van der Waals surface area contributed by atoms with Gasteiger partial charge in [0.05, 0.1) is 5.52 Å². The summed E-state index contributed by atoms with van der Waals surface area (Å²) in [5.41, 5.74) is 5.93. The van der Waals surface area contributed by atoms with E-state index in [1.54, 1.807) is 18.2 Å². The Morgan fingerprint density at radius 3 is 2.85 bits per heavy atom. The summed E-state index contributed by atoms with van der Waals surface area (Å²) in [6.07, 6.45) is -0.827. The third-order valence-corrected chi connectivity index (χ3v) is 1.90. The molecule has 0 spiro atoms. The van der Waals surface area contributed by atoms with Gasteiger partial charge in [-0.25, -0.2) is 4.98 Å². The Labute approximate surface area is 78.4 Å². The van der Waals surface area contributed by atoms with E-state index in [0.29, 0.717) is 15.9 Å². The number of hydrogen-bond donors (Lipinski definition) is 1. The van der Waals surface area contributed by atoms with Gasteiger partial charge in [-0.05, 0) is 18.2 Å². The van der Waals surface area contributed by atoms with Gasteiger partial charge < -0.3 is 5.73 Å². The third kappa shape index (κ3) is 1.40. The smallest absolute Gasteiger partial charge is 0.311 e. The molecule has 0 bridgehead atoms. The maximum Gasteiger partial charge on any atom is 0.311 e. The minimum absolute atomic E-state index is 0.102. The van der Waals surface area contributed by atoms with Gasteiger partial charge in [-0.15, -0.1) is 0 Å². The fourth-order valence-electron chi connectivity index (χ4n) is 1.09. The van der Waals surface area contributed by atoms with Crippen molar-refractivity contribution < 1.29 is 4.39 Å². The van der Waals surface area contributed by atoms with Crippen molar-refractivity contribution in [1.29, 1.82) is 0 Å². The number of nitrogens with two attached hydrogens (primary N) is 1. The minimum atomic E-state index is -0.827. The van der Waals surface area contributed by atoms with Crippen LogP contribution >= 0.6 is 11.6 Å². The van der Waals surface area contributed by atoms with E-state index < -0.39 is 6.08 Å². The van der Waals surface area contributed by atoms with Crippen LogP contribution in [-0.4, -0.2) is 9.97 Å². The predicted octanol–water partition coefficient (Wildman–Crippen LogP) is 2.00. The molecule has 0 radical (unpaired) electrons. The molecule has 66 valence electrons. The highest BCUT2D eigenvalue weighted by atomic mass is 35.5. The topological polar surface area (TPSA) is 51.8 Å². The van der Waals surface area contributed by atoms with Crippen molar-refractivity contribution in [3.05, 3.63) is 29.3 Å². The van der Waals surface area contributed by atoms with E-state index in [4.69, 9.17) is 17.3 Å². The van der Waals surface area contributed by atoms with Gasteiger partial charge >= 0.3 is 6.08 Å². The lowest BCUT2D eigenvalue weighted by Crippen LogP contribution is -1.97. The first kappa shape index (κ1) is 8.19. The summed E-state index contributed by atoms with van der Waals surface area (Å²) in [6.45, 7) is 0. The lowest BCUT2D eigenvalue weighted by atomic mass is 10.2. The Kier molecular flexibility index (Phi) is 1.77. The lowest BCUT2D eigenvalue weighted by molar-refractivity contribution is 0.546. The van der Waals surface area contributed by atoms with Crippen molar-refractivity contribution in [2.24, 2.45) is 0 Å². The van der Waals surface area contributed by atoms with Crippen LogP contribution in [0.25, 0.3) is 10.9 Å². The van der Waals surface area contributed by atoms with Crippen LogP contribution in [0.2, 0.25) is 5.02 Å².